The fourth-order valence-corrected chi connectivity index (χ4v) is 4.87. The lowest BCUT2D eigenvalue weighted by Crippen LogP contribution is -2.30. The third-order valence-corrected chi connectivity index (χ3v) is 6.47. The number of nitrogens with zero attached hydrogens (tertiary/aromatic N) is 3. The smallest absolute Gasteiger partial charge is 0.174 e. The highest BCUT2D eigenvalue weighted by Crippen LogP contribution is 2.46. The lowest BCUT2D eigenvalue weighted by Gasteiger charge is -2.30. The first-order valence-electron chi connectivity index (χ1n) is 11.2. The van der Waals surface area contributed by atoms with Crippen LogP contribution in [-0.4, -0.2) is 36.0 Å². The highest BCUT2D eigenvalue weighted by molar-refractivity contribution is 7.80. The lowest BCUT2D eigenvalue weighted by atomic mass is 10.0. The van der Waals surface area contributed by atoms with Crippen molar-refractivity contribution in [3.8, 4) is 22.9 Å². The van der Waals surface area contributed by atoms with E-state index in [0.717, 1.165) is 28.5 Å². The Morgan fingerprint density at radius 1 is 0.857 bits per heavy atom. The number of methoxy groups -OCH3 is 3. The van der Waals surface area contributed by atoms with Gasteiger partial charge in [-0.15, -0.1) is 0 Å². The number of rotatable bonds is 7. The third kappa shape index (κ3) is 4.17. The second-order valence-corrected chi connectivity index (χ2v) is 8.43. The first-order valence-corrected chi connectivity index (χ1v) is 11.6. The molecular weight excluding hydrogens is 460 g/mol. The molecule has 2 aromatic carbocycles. The van der Waals surface area contributed by atoms with Gasteiger partial charge in [-0.1, -0.05) is 12.1 Å². The van der Waals surface area contributed by atoms with Gasteiger partial charge in [0.25, 0.3) is 0 Å². The molecule has 35 heavy (non-hydrogen) atoms. The molecule has 1 fully saturated rings. The molecule has 0 spiro atoms. The first kappa shape index (κ1) is 22.7. The third-order valence-electron chi connectivity index (χ3n) is 6.16. The highest BCUT2D eigenvalue weighted by atomic mass is 32.1. The fraction of sp³-hybridized carbons (Fsp3) is 0.185. The number of ether oxygens (including phenoxy) is 3. The molecule has 0 amide bonds. The van der Waals surface area contributed by atoms with Gasteiger partial charge in [0.05, 0.1) is 38.8 Å². The number of hydrogen-bond donors (Lipinski definition) is 1. The van der Waals surface area contributed by atoms with Gasteiger partial charge in [-0.2, -0.15) is 0 Å². The van der Waals surface area contributed by atoms with Crippen LogP contribution in [0.2, 0.25) is 0 Å². The van der Waals surface area contributed by atoms with Crippen LogP contribution >= 0.6 is 12.2 Å². The molecule has 2 atom stereocenters. The van der Waals surface area contributed by atoms with Crippen molar-refractivity contribution in [2.75, 3.05) is 26.2 Å². The Morgan fingerprint density at radius 3 is 2.43 bits per heavy atom. The summed E-state index contributed by atoms with van der Waals surface area (Å²) in [6.07, 6.45) is 3.84. The average molecular weight is 487 g/mol. The van der Waals surface area contributed by atoms with Crippen LogP contribution in [0.1, 0.15) is 23.5 Å². The molecule has 1 aliphatic heterocycles. The zero-order valence-corrected chi connectivity index (χ0v) is 20.5. The predicted octanol–water partition coefficient (Wildman–Crippen LogP) is 5.08. The summed E-state index contributed by atoms with van der Waals surface area (Å²) in [5.41, 5.74) is 3.72. The Kier molecular flexibility index (Phi) is 6.29. The van der Waals surface area contributed by atoms with E-state index in [4.69, 9.17) is 26.4 Å². The minimum atomic E-state index is -0.223. The topological polar surface area (TPSA) is 60.8 Å². The van der Waals surface area contributed by atoms with Gasteiger partial charge in [-0.25, -0.2) is 0 Å². The summed E-state index contributed by atoms with van der Waals surface area (Å²) < 4.78 is 18.9. The molecule has 0 aliphatic carbocycles. The monoisotopic (exact) mass is 486 g/mol. The Hall–Kier alpha value is -4.04. The molecular formula is C27H26N4O3S. The van der Waals surface area contributed by atoms with Crippen molar-refractivity contribution in [3.05, 3.63) is 96.6 Å². The second kappa shape index (κ2) is 9.68. The highest BCUT2D eigenvalue weighted by Gasteiger charge is 2.43. The molecule has 1 N–H and O–H groups in total. The fourth-order valence-electron chi connectivity index (χ4n) is 4.53. The van der Waals surface area contributed by atoms with E-state index < -0.39 is 0 Å². The Morgan fingerprint density at radius 2 is 1.69 bits per heavy atom. The van der Waals surface area contributed by atoms with E-state index in [9.17, 15) is 0 Å². The van der Waals surface area contributed by atoms with Gasteiger partial charge < -0.3 is 29.0 Å². The minimum absolute atomic E-state index is 0.195. The van der Waals surface area contributed by atoms with E-state index in [-0.39, 0.29) is 12.1 Å². The molecule has 178 valence electrons. The van der Waals surface area contributed by atoms with Crippen molar-refractivity contribution in [1.82, 2.24) is 14.9 Å². The molecule has 0 unspecified atom stereocenters. The SMILES string of the molecule is COc1cccc(-n2cccc2[C@H]2[C@H](c3ccccn3)NC(=S)N2c2cc(OC)ccc2OC)c1. The van der Waals surface area contributed by atoms with Gasteiger partial charge in [-0.05, 0) is 60.7 Å². The zero-order chi connectivity index (χ0) is 24.4. The van der Waals surface area contributed by atoms with Gasteiger partial charge in [-0.3, -0.25) is 4.98 Å². The maximum Gasteiger partial charge on any atom is 0.174 e. The molecule has 1 saturated heterocycles. The molecule has 1 aliphatic rings. The average Bonchev–Trinajstić information content (AvgIpc) is 3.53. The van der Waals surface area contributed by atoms with Crippen LogP contribution in [-0.2, 0) is 0 Å². The van der Waals surface area contributed by atoms with Crippen molar-refractivity contribution in [2.24, 2.45) is 0 Å². The minimum Gasteiger partial charge on any atom is -0.497 e. The largest absolute Gasteiger partial charge is 0.497 e. The van der Waals surface area contributed by atoms with Gasteiger partial charge in [0.15, 0.2) is 5.11 Å². The van der Waals surface area contributed by atoms with Crippen LogP contribution in [0.5, 0.6) is 17.2 Å². The Balaban J connectivity index is 1.70. The number of aromatic nitrogens is 2. The van der Waals surface area contributed by atoms with Crippen LogP contribution in [0.15, 0.2) is 85.2 Å². The Labute approximate surface area is 209 Å². The molecule has 0 radical (unpaired) electrons. The summed E-state index contributed by atoms with van der Waals surface area (Å²) in [5, 5.41) is 4.09. The van der Waals surface area contributed by atoms with Crippen molar-refractivity contribution in [2.45, 2.75) is 12.1 Å². The molecule has 0 bridgehead atoms. The Bertz CT molecular complexity index is 1340. The first-order chi connectivity index (χ1) is 17.1. The van der Waals surface area contributed by atoms with Gasteiger partial charge in [0.2, 0.25) is 0 Å². The molecule has 2 aromatic heterocycles. The molecule has 5 rings (SSSR count). The van der Waals surface area contributed by atoms with Gasteiger partial charge in [0.1, 0.15) is 23.3 Å². The van der Waals surface area contributed by atoms with E-state index in [1.54, 1.807) is 27.5 Å². The van der Waals surface area contributed by atoms with Crippen molar-refractivity contribution in [1.29, 1.82) is 0 Å². The molecule has 3 heterocycles. The number of pyridine rings is 1. The number of benzene rings is 2. The number of thiocarbonyl (C=S) groups is 1. The summed E-state index contributed by atoms with van der Waals surface area (Å²) in [5.74, 6) is 2.20. The summed E-state index contributed by atoms with van der Waals surface area (Å²) in [7, 11) is 4.97. The summed E-state index contributed by atoms with van der Waals surface area (Å²) in [6.45, 7) is 0. The molecule has 4 aromatic rings. The lowest BCUT2D eigenvalue weighted by molar-refractivity contribution is 0.402. The van der Waals surface area contributed by atoms with Crippen molar-refractivity contribution in [3.63, 3.8) is 0 Å². The molecule has 0 saturated carbocycles. The van der Waals surface area contributed by atoms with Crippen molar-refractivity contribution < 1.29 is 14.2 Å². The van der Waals surface area contributed by atoms with E-state index in [2.05, 4.69) is 31.9 Å². The quantitative estimate of drug-likeness (QED) is 0.366. The van der Waals surface area contributed by atoms with Crippen LogP contribution in [0.4, 0.5) is 5.69 Å². The second-order valence-electron chi connectivity index (χ2n) is 8.04. The van der Waals surface area contributed by atoms with Crippen LogP contribution in [0, 0.1) is 0 Å². The maximum absolute atomic E-state index is 5.90. The number of anilines is 1. The maximum atomic E-state index is 5.90. The predicted molar refractivity (Wildman–Crippen MR) is 140 cm³/mol. The summed E-state index contributed by atoms with van der Waals surface area (Å²) in [6, 6.07) is 23.3. The summed E-state index contributed by atoms with van der Waals surface area (Å²) >= 11 is 5.90. The van der Waals surface area contributed by atoms with E-state index in [1.165, 1.54) is 0 Å². The van der Waals surface area contributed by atoms with E-state index in [0.29, 0.717) is 16.6 Å². The van der Waals surface area contributed by atoms with E-state index in [1.807, 2.05) is 66.9 Å². The number of nitrogens with one attached hydrogen (secondary N) is 1. The van der Waals surface area contributed by atoms with Crippen LogP contribution in [0.25, 0.3) is 5.69 Å². The molecule has 7 nitrogen and oxygen atoms in total. The number of hydrogen-bond acceptors (Lipinski definition) is 5. The summed E-state index contributed by atoms with van der Waals surface area (Å²) in [4.78, 5) is 6.74. The standard InChI is InChI=1S/C27H26N4O3S/c1-32-19-9-6-8-18(16-19)30-15-7-11-22(30)26-25(21-10-4-5-14-28-21)29-27(35)31(26)23-17-20(33-2)12-13-24(23)34-3/h4-17,25-26H,1-3H3,(H,29,35)/t25-,26-/m0/s1. The normalized spacial score (nSPS) is 17.2. The van der Waals surface area contributed by atoms with E-state index >= 15 is 0 Å². The van der Waals surface area contributed by atoms with Gasteiger partial charge in [0, 0.05) is 35.9 Å². The molecule has 8 heteroatoms. The van der Waals surface area contributed by atoms with Crippen LogP contribution < -0.4 is 24.4 Å². The zero-order valence-electron chi connectivity index (χ0n) is 19.7. The van der Waals surface area contributed by atoms with Gasteiger partial charge >= 0.3 is 0 Å². The van der Waals surface area contributed by atoms with Crippen LogP contribution in [0.3, 0.4) is 0 Å². The van der Waals surface area contributed by atoms with Crippen molar-refractivity contribution >= 4 is 23.0 Å².